The summed E-state index contributed by atoms with van der Waals surface area (Å²) in [5.41, 5.74) is 1.15. The summed E-state index contributed by atoms with van der Waals surface area (Å²) in [5, 5.41) is 9.25. The van der Waals surface area contributed by atoms with Crippen molar-refractivity contribution in [3.8, 4) is 5.75 Å². The van der Waals surface area contributed by atoms with Gasteiger partial charge in [-0.15, -0.1) is 11.3 Å². The number of ether oxygens (including phenoxy) is 1. The van der Waals surface area contributed by atoms with Crippen LogP contribution in [0, 0.1) is 5.92 Å². The molecule has 6 heteroatoms. The summed E-state index contributed by atoms with van der Waals surface area (Å²) in [4.78, 5) is 14.8. The zero-order valence-electron chi connectivity index (χ0n) is 14.2. The quantitative estimate of drug-likeness (QED) is 0.791. The third-order valence-corrected chi connectivity index (χ3v) is 5.88. The fraction of sp³-hybridized carbons (Fsp3) is 0.421. The number of nitrogens with zero attached hydrogens (tertiary/aromatic N) is 1. The van der Waals surface area contributed by atoms with E-state index in [9.17, 15) is 9.90 Å². The van der Waals surface area contributed by atoms with E-state index in [-0.39, 0.29) is 12.0 Å². The highest BCUT2D eigenvalue weighted by Crippen LogP contribution is 2.38. The van der Waals surface area contributed by atoms with E-state index < -0.39 is 5.97 Å². The van der Waals surface area contributed by atoms with Crippen molar-refractivity contribution in [1.29, 1.82) is 0 Å². The highest BCUT2D eigenvalue weighted by molar-refractivity contribution is 7.16. The van der Waals surface area contributed by atoms with Crippen molar-refractivity contribution in [2.24, 2.45) is 5.92 Å². The Bertz CT molecular complexity index is 725. The SMILES string of the molecule is CCOc1cccc(C(c2ccc(Cl)s2)N2CCC(C(=O)O)CC2)c1. The van der Waals surface area contributed by atoms with Gasteiger partial charge in [0.15, 0.2) is 0 Å². The average Bonchev–Trinajstić information content (AvgIpc) is 3.02. The molecule has 1 unspecified atom stereocenters. The summed E-state index contributed by atoms with van der Waals surface area (Å²) < 4.78 is 6.42. The van der Waals surface area contributed by atoms with Crippen LogP contribution in [0.2, 0.25) is 4.34 Å². The summed E-state index contributed by atoms with van der Waals surface area (Å²) in [6.45, 7) is 4.12. The van der Waals surface area contributed by atoms with Gasteiger partial charge < -0.3 is 9.84 Å². The zero-order valence-corrected chi connectivity index (χ0v) is 15.7. The lowest BCUT2D eigenvalue weighted by molar-refractivity contribution is -0.143. The number of hydrogen-bond donors (Lipinski definition) is 1. The van der Waals surface area contributed by atoms with Crippen LogP contribution in [0.1, 0.15) is 36.2 Å². The van der Waals surface area contributed by atoms with E-state index in [4.69, 9.17) is 16.3 Å². The number of hydrogen-bond acceptors (Lipinski definition) is 4. The Balaban J connectivity index is 1.89. The highest BCUT2D eigenvalue weighted by Gasteiger charge is 2.31. The van der Waals surface area contributed by atoms with Gasteiger partial charge in [0.05, 0.1) is 22.9 Å². The van der Waals surface area contributed by atoms with Gasteiger partial charge in [0.25, 0.3) is 0 Å². The van der Waals surface area contributed by atoms with E-state index in [1.54, 1.807) is 11.3 Å². The van der Waals surface area contributed by atoms with E-state index in [1.807, 2.05) is 25.1 Å². The third kappa shape index (κ3) is 4.35. The number of benzene rings is 1. The second-order valence-corrected chi connectivity index (χ2v) is 7.95. The van der Waals surface area contributed by atoms with Crippen LogP contribution in [0.25, 0.3) is 0 Å². The van der Waals surface area contributed by atoms with E-state index in [1.165, 1.54) is 4.88 Å². The number of carboxylic acids is 1. The Kier molecular flexibility index (Phi) is 5.99. The van der Waals surface area contributed by atoms with Crippen LogP contribution in [0.4, 0.5) is 0 Å². The van der Waals surface area contributed by atoms with Gasteiger partial charge in [-0.25, -0.2) is 0 Å². The molecule has 0 bridgehead atoms. The maximum Gasteiger partial charge on any atom is 0.306 e. The van der Waals surface area contributed by atoms with E-state index in [2.05, 4.69) is 23.1 Å². The molecule has 1 aromatic heterocycles. The average molecular weight is 380 g/mol. The van der Waals surface area contributed by atoms with Crippen molar-refractivity contribution < 1.29 is 14.6 Å². The van der Waals surface area contributed by atoms with Gasteiger partial charge in [-0.2, -0.15) is 0 Å². The lowest BCUT2D eigenvalue weighted by Gasteiger charge is -2.36. The van der Waals surface area contributed by atoms with Crippen LogP contribution >= 0.6 is 22.9 Å². The molecule has 0 spiro atoms. The topological polar surface area (TPSA) is 49.8 Å². The van der Waals surface area contributed by atoms with Crippen LogP contribution in [0.3, 0.4) is 0 Å². The number of piperidine rings is 1. The molecule has 4 nitrogen and oxygen atoms in total. The summed E-state index contributed by atoms with van der Waals surface area (Å²) in [6.07, 6.45) is 1.35. The van der Waals surface area contributed by atoms with Crippen molar-refractivity contribution in [1.82, 2.24) is 4.90 Å². The standard InChI is InChI=1S/C19H22ClNO3S/c1-2-24-15-5-3-4-14(12-15)18(16-6-7-17(20)25-16)21-10-8-13(9-11-21)19(22)23/h3-7,12-13,18H,2,8-11H2,1H3,(H,22,23). The van der Waals surface area contributed by atoms with Gasteiger partial charge in [-0.05, 0) is 62.7 Å². The summed E-state index contributed by atoms with van der Waals surface area (Å²) in [6, 6.07) is 12.2. The van der Waals surface area contributed by atoms with Gasteiger partial charge >= 0.3 is 5.97 Å². The maximum atomic E-state index is 11.2. The maximum absolute atomic E-state index is 11.2. The fourth-order valence-corrected chi connectivity index (χ4v) is 4.60. The largest absolute Gasteiger partial charge is 0.494 e. The monoisotopic (exact) mass is 379 g/mol. The first-order valence-corrected chi connectivity index (χ1v) is 9.72. The Hall–Kier alpha value is -1.56. The van der Waals surface area contributed by atoms with Crippen LogP contribution in [-0.4, -0.2) is 35.7 Å². The molecule has 0 radical (unpaired) electrons. The first-order valence-electron chi connectivity index (χ1n) is 8.53. The van der Waals surface area contributed by atoms with Gasteiger partial charge in [-0.3, -0.25) is 9.69 Å². The normalized spacial score (nSPS) is 17.4. The van der Waals surface area contributed by atoms with E-state index >= 15 is 0 Å². The molecule has 0 saturated carbocycles. The van der Waals surface area contributed by atoms with Gasteiger partial charge in [0.1, 0.15) is 5.75 Å². The van der Waals surface area contributed by atoms with Crippen molar-refractivity contribution in [2.75, 3.05) is 19.7 Å². The molecule has 1 aliphatic heterocycles. The predicted molar refractivity (Wildman–Crippen MR) is 101 cm³/mol. The Morgan fingerprint density at radius 3 is 2.72 bits per heavy atom. The fourth-order valence-electron chi connectivity index (χ4n) is 3.38. The Morgan fingerprint density at radius 1 is 1.36 bits per heavy atom. The van der Waals surface area contributed by atoms with Crippen LogP contribution in [0.5, 0.6) is 5.75 Å². The lowest BCUT2D eigenvalue weighted by atomic mass is 9.94. The summed E-state index contributed by atoms with van der Waals surface area (Å²) in [7, 11) is 0. The van der Waals surface area contributed by atoms with Crippen molar-refractivity contribution in [2.45, 2.75) is 25.8 Å². The minimum Gasteiger partial charge on any atom is -0.494 e. The van der Waals surface area contributed by atoms with Crippen LogP contribution < -0.4 is 4.74 Å². The number of carboxylic acid groups (broad SMARTS) is 1. The molecular formula is C19H22ClNO3S. The molecule has 0 amide bonds. The molecule has 0 aliphatic carbocycles. The van der Waals surface area contributed by atoms with Gasteiger partial charge in [0, 0.05) is 4.88 Å². The minimum atomic E-state index is -0.686. The zero-order chi connectivity index (χ0) is 17.8. The second kappa shape index (κ2) is 8.21. The van der Waals surface area contributed by atoms with Crippen molar-refractivity contribution in [3.05, 3.63) is 51.2 Å². The first-order chi connectivity index (χ1) is 12.1. The second-order valence-electron chi connectivity index (χ2n) is 6.20. The number of aliphatic carboxylic acids is 1. The number of carbonyl (C=O) groups is 1. The molecule has 2 aromatic rings. The van der Waals surface area contributed by atoms with E-state index in [0.29, 0.717) is 19.4 Å². The highest BCUT2D eigenvalue weighted by atomic mass is 35.5. The third-order valence-electron chi connectivity index (χ3n) is 4.59. The molecule has 1 saturated heterocycles. The Morgan fingerprint density at radius 2 is 2.12 bits per heavy atom. The molecule has 1 atom stereocenters. The molecule has 3 rings (SSSR count). The van der Waals surface area contributed by atoms with Gasteiger partial charge in [0.2, 0.25) is 0 Å². The molecule has 2 heterocycles. The number of halogens is 1. The molecule has 1 aromatic carbocycles. The molecule has 1 aliphatic rings. The molecule has 1 N–H and O–H groups in total. The van der Waals surface area contributed by atoms with Crippen LogP contribution in [0.15, 0.2) is 36.4 Å². The molecule has 25 heavy (non-hydrogen) atoms. The van der Waals surface area contributed by atoms with Crippen molar-refractivity contribution in [3.63, 3.8) is 0 Å². The predicted octanol–water partition coefficient (Wildman–Crippen LogP) is 4.69. The van der Waals surface area contributed by atoms with Crippen molar-refractivity contribution >= 4 is 28.9 Å². The number of likely N-dealkylation sites (tertiary alicyclic amines) is 1. The first kappa shape index (κ1) is 18.2. The molecular weight excluding hydrogens is 358 g/mol. The van der Waals surface area contributed by atoms with Crippen LogP contribution in [-0.2, 0) is 4.79 Å². The number of thiophene rings is 1. The number of rotatable bonds is 6. The molecule has 1 fully saturated rings. The van der Waals surface area contributed by atoms with Gasteiger partial charge in [-0.1, -0.05) is 23.7 Å². The van der Waals surface area contributed by atoms with E-state index in [0.717, 1.165) is 28.7 Å². The Labute approximate surface area is 157 Å². The smallest absolute Gasteiger partial charge is 0.306 e. The molecule has 134 valence electrons. The summed E-state index contributed by atoms with van der Waals surface area (Å²) in [5.74, 6) is -0.0691. The lowest BCUT2D eigenvalue weighted by Crippen LogP contribution is -2.39. The minimum absolute atomic E-state index is 0.0765. The summed E-state index contributed by atoms with van der Waals surface area (Å²) >= 11 is 7.75.